The van der Waals surface area contributed by atoms with Gasteiger partial charge < -0.3 is 5.32 Å². The lowest BCUT2D eigenvalue weighted by Crippen LogP contribution is -2.22. The SMILES string of the molecule is CC(C)(C)c1ccc(C(=O)NC(C#N)=C(Cl)Cl)cc1. The van der Waals surface area contributed by atoms with E-state index in [4.69, 9.17) is 28.5 Å². The van der Waals surface area contributed by atoms with Crippen molar-refractivity contribution in [3.63, 3.8) is 0 Å². The number of carbonyl (C=O) groups is 1. The third-order valence-electron chi connectivity index (χ3n) is 2.55. The molecule has 0 aliphatic rings. The summed E-state index contributed by atoms with van der Waals surface area (Å²) in [7, 11) is 0. The molecule has 1 aromatic rings. The molecule has 1 amide bonds. The van der Waals surface area contributed by atoms with Gasteiger partial charge in [0, 0.05) is 5.56 Å². The molecule has 0 fully saturated rings. The number of rotatable bonds is 2. The molecule has 1 N–H and O–H groups in total. The van der Waals surface area contributed by atoms with Gasteiger partial charge >= 0.3 is 0 Å². The highest BCUT2D eigenvalue weighted by molar-refractivity contribution is 6.56. The first-order valence-electron chi connectivity index (χ1n) is 5.63. The number of allylic oxidation sites excluding steroid dienone is 1. The van der Waals surface area contributed by atoms with Crippen LogP contribution < -0.4 is 5.32 Å². The third-order valence-corrected chi connectivity index (χ3v) is 2.93. The van der Waals surface area contributed by atoms with Crippen LogP contribution >= 0.6 is 23.2 Å². The Hall–Kier alpha value is -1.50. The topological polar surface area (TPSA) is 52.9 Å². The van der Waals surface area contributed by atoms with Crippen molar-refractivity contribution in [3.8, 4) is 6.07 Å². The van der Waals surface area contributed by atoms with Gasteiger partial charge in [0.05, 0.1) is 0 Å². The van der Waals surface area contributed by atoms with E-state index in [0.717, 1.165) is 5.56 Å². The fraction of sp³-hybridized carbons (Fsp3) is 0.286. The molecule has 0 unspecified atom stereocenters. The maximum Gasteiger partial charge on any atom is 0.256 e. The summed E-state index contributed by atoms with van der Waals surface area (Å²) in [5.41, 5.74) is 1.42. The van der Waals surface area contributed by atoms with E-state index in [2.05, 4.69) is 26.1 Å². The number of amides is 1. The van der Waals surface area contributed by atoms with Crippen LogP contribution in [0.5, 0.6) is 0 Å². The van der Waals surface area contributed by atoms with Gasteiger partial charge in [-0.1, -0.05) is 56.1 Å². The Kier molecular flexibility index (Phi) is 4.99. The lowest BCUT2D eigenvalue weighted by molar-refractivity contribution is 0.0967. The zero-order chi connectivity index (χ0) is 14.6. The van der Waals surface area contributed by atoms with Gasteiger partial charge in [-0.25, -0.2) is 0 Å². The van der Waals surface area contributed by atoms with E-state index in [0.29, 0.717) is 5.56 Å². The number of hydrogen-bond acceptors (Lipinski definition) is 2. The van der Waals surface area contributed by atoms with Crippen LogP contribution in [0.25, 0.3) is 0 Å². The largest absolute Gasteiger partial charge is 0.311 e. The molecule has 19 heavy (non-hydrogen) atoms. The first-order chi connectivity index (χ1) is 8.75. The van der Waals surface area contributed by atoms with Crippen molar-refractivity contribution in [1.29, 1.82) is 5.26 Å². The van der Waals surface area contributed by atoms with Crippen LogP contribution in [0.4, 0.5) is 0 Å². The van der Waals surface area contributed by atoms with Crippen molar-refractivity contribution >= 4 is 29.1 Å². The van der Waals surface area contributed by atoms with Crippen molar-refractivity contribution in [2.75, 3.05) is 0 Å². The second kappa shape index (κ2) is 6.10. The maximum atomic E-state index is 11.9. The molecule has 1 rings (SSSR count). The van der Waals surface area contributed by atoms with Crippen molar-refractivity contribution in [2.45, 2.75) is 26.2 Å². The number of nitriles is 1. The molecule has 0 spiro atoms. The molecule has 0 bridgehead atoms. The Morgan fingerprint density at radius 2 is 1.74 bits per heavy atom. The van der Waals surface area contributed by atoms with Crippen LogP contribution in [0.3, 0.4) is 0 Å². The molecule has 0 atom stereocenters. The molecule has 0 aromatic heterocycles. The molecule has 0 heterocycles. The summed E-state index contributed by atoms with van der Waals surface area (Å²) in [5, 5.41) is 11.1. The molecule has 5 heteroatoms. The number of carbonyl (C=O) groups excluding carboxylic acids is 1. The summed E-state index contributed by atoms with van der Waals surface area (Å²) in [6.07, 6.45) is 0. The number of nitrogens with one attached hydrogen (secondary N) is 1. The predicted molar refractivity (Wildman–Crippen MR) is 77.0 cm³/mol. The molecule has 0 aliphatic heterocycles. The lowest BCUT2D eigenvalue weighted by Gasteiger charge is -2.19. The number of hydrogen-bond donors (Lipinski definition) is 1. The second-order valence-corrected chi connectivity index (χ2v) is 5.98. The van der Waals surface area contributed by atoms with Crippen molar-refractivity contribution in [1.82, 2.24) is 5.32 Å². The molecular formula is C14H14Cl2N2O. The van der Waals surface area contributed by atoms with Gasteiger partial charge in [-0.15, -0.1) is 0 Å². The molecule has 0 saturated carbocycles. The quantitative estimate of drug-likeness (QED) is 0.842. The van der Waals surface area contributed by atoms with E-state index in [1.165, 1.54) is 0 Å². The van der Waals surface area contributed by atoms with Crippen LogP contribution in [0.15, 0.2) is 34.5 Å². The van der Waals surface area contributed by atoms with Crippen LogP contribution in [-0.4, -0.2) is 5.91 Å². The first kappa shape index (κ1) is 15.6. The van der Waals surface area contributed by atoms with Gasteiger partial charge in [-0.2, -0.15) is 5.26 Å². The third kappa shape index (κ3) is 4.27. The van der Waals surface area contributed by atoms with E-state index in [1.54, 1.807) is 18.2 Å². The number of nitrogens with zero attached hydrogens (tertiary/aromatic N) is 1. The Labute approximate surface area is 122 Å². The summed E-state index contributed by atoms with van der Waals surface area (Å²) in [6, 6.07) is 8.89. The zero-order valence-electron chi connectivity index (χ0n) is 10.9. The van der Waals surface area contributed by atoms with Gasteiger partial charge in [-0.05, 0) is 23.1 Å². The fourth-order valence-corrected chi connectivity index (χ4v) is 1.60. The summed E-state index contributed by atoms with van der Waals surface area (Å²) in [6.45, 7) is 6.27. The Bertz CT molecular complexity index is 544. The molecular weight excluding hydrogens is 283 g/mol. The van der Waals surface area contributed by atoms with Gasteiger partial charge in [0.25, 0.3) is 5.91 Å². The van der Waals surface area contributed by atoms with Gasteiger partial charge in [-0.3, -0.25) is 4.79 Å². The van der Waals surface area contributed by atoms with E-state index in [1.807, 2.05) is 12.1 Å². The van der Waals surface area contributed by atoms with E-state index in [9.17, 15) is 4.79 Å². The summed E-state index contributed by atoms with van der Waals surface area (Å²) >= 11 is 10.9. The monoisotopic (exact) mass is 296 g/mol. The normalized spacial score (nSPS) is 10.5. The smallest absolute Gasteiger partial charge is 0.256 e. The Morgan fingerprint density at radius 3 is 2.11 bits per heavy atom. The summed E-state index contributed by atoms with van der Waals surface area (Å²) in [5.74, 6) is -0.421. The lowest BCUT2D eigenvalue weighted by atomic mass is 9.87. The van der Waals surface area contributed by atoms with Gasteiger partial charge in [0.15, 0.2) is 5.70 Å². The summed E-state index contributed by atoms with van der Waals surface area (Å²) < 4.78 is -0.262. The first-order valence-corrected chi connectivity index (χ1v) is 6.38. The van der Waals surface area contributed by atoms with Crippen LogP contribution in [-0.2, 0) is 5.41 Å². The minimum Gasteiger partial charge on any atom is -0.311 e. The van der Waals surface area contributed by atoms with Crippen LogP contribution in [0.1, 0.15) is 36.7 Å². The van der Waals surface area contributed by atoms with Gasteiger partial charge in [0.1, 0.15) is 10.6 Å². The minimum atomic E-state index is -0.421. The van der Waals surface area contributed by atoms with Crippen LogP contribution in [0, 0.1) is 11.3 Å². The fourth-order valence-electron chi connectivity index (χ4n) is 1.42. The molecule has 1 aromatic carbocycles. The average Bonchev–Trinajstić information content (AvgIpc) is 2.34. The van der Waals surface area contributed by atoms with Crippen molar-refractivity contribution in [2.24, 2.45) is 0 Å². The van der Waals surface area contributed by atoms with E-state index in [-0.39, 0.29) is 15.6 Å². The van der Waals surface area contributed by atoms with E-state index < -0.39 is 5.91 Å². The molecule has 0 aliphatic carbocycles. The Balaban J connectivity index is 2.92. The molecule has 0 radical (unpaired) electrons. The zero-order valence-corrected chi connectivity index (χ0v) is 12.4. The molecule has 3 nitrogen and oxygen atoms in total. The highest BCUT2D eigenvalue weighted by Crippen LogP contribution is 2.22. The van der Waals surface area contributed by atoms with Gasteiger partial charge in [0.2, 0.25) is 0 Å². The van der Waals surface area contributed by atoms with Crippen LogP contribution in [0.2, 0.25) is 0 Å². The maximum absolute atomic E-state index is 11.9. The highest BCUT2D eigenvalue weighted by atomic mass is 35.5. The summed E-state index contributed by atoms with van der Waals surface area (Å²) in [4.78, 5) is 11.9. The number of benzene rings is 1. The predicted octanol–water partition coefficient (Wildman–Crippen LogP) is 3.88. The van der Waals surface area contributed by atoms with Crippen molar-refractivity contribution in [3.05, 3.63) is 45.6 Å². The molecule has 0 saturated heterocycles. The highest BCUT2D eigenvalue weighted by Gasteiger charge is 2.15. The average molecular weight is 297 g/mol. The second-order valence-electron chi connectivity index (χ2n) is 5.03. The minimum absolute atomic E-state index is 0.0200. The standard InChI is InChI=1S/C14H14Cl2N2O/c1-14(2,3)10-6-4-9(5-7-10)13(19)18-11(8-17)12(15)16/h4-7H,1-3H3,(H,18,19). The molecule has 100 valence electrons. The number of halogens is 2. The Morgan fingerprint density at radius 1 is 1.21 bits per heavy atom. The van der Waals surface area contributed by atoms with Crippen molar-refractivity contribution < 1.29 is 4.79 Å². The van der Waals surface area contributed by atoms with E-state index >= 15 is 0 Å².